The molecule has 1 aliphatic heterocycles. The second kappa shape index (κ2) is 6.84. The highest BCUT2D eigenvalue weighted by molar-refractivity contribution is 7.91. The SMILES string of the molecule is O=C(C[C@@H]1CCS(=O)(=O)C1)NCCNc1nc2ccccc2s1. The molecule has 1 aromatic carbocycles. The topological polar surface area (TPSA) is 88.2 Å². The Balaban J connectivity index is 1.38. The molecule has 0 radical (unpaired) electrons. The summed E-state index contributed by atoms with van der Waals surface area (Å²) in [6.45, 7) is 1.09. The summed E-state index contributed by atoms with van der Waals surface area (Å²) in [6.07, 6.45) is 0.889. The van der Waals surface area contributed by atoms with E-state index in [1.54, 1.807) is 11.3 Å². The number of aromatic nitrogens is 1. The van der Waals surface area contributed by atoms with E-state index in [0.29, 0.717) is 25.9 Å². The Bertz CT molecular complexity index is 768. The molecule has 2 heterocycles. The van der Waals surface area contributed by atoms with E-state index >= 15 is 0 Å². The van der Waals surface area contributed by atoms with Crippen LogP contribution in [0.5, 0.6) is 0 Å². The summed E-state index contributed by atoms with van der Waals surface area (Å²) in [4.78, 5) is 16.3. The Hall–Kier alpha value is -1.67. The minimum absolute atomic E-state index is 0.0304. The van der Waals surface area contributed by atoms with Crippen molar-refractivity contribution in [1.29, 1.82) is 0 Å². The van der Waals surface area contributed by atoms with Crippen LogP contribution in [0, 0.1) is 5.92 Å². The number of rotatable bonds is 6. The number of thiazole rings is 1. The zero-order chi connectivity index (χ0) is 16.3. The first kappa shape index (κ1) is 16.2. The maximum atomic E-state index is 11.8. The highest BCUT2D eigenvalue weighted by Crippen LogP contribution is 2.25. The van der Waals surface area contributed by atoms with Gasteiger partial charge in [0.05, 0.1) is 21.7 Å². The molecule has 0 bridgehead atoms. The van der Waals surface area contributed by atoms with Crippen molar-refractivity contribution in [1.82, 2.24) is 10.3 Å². The second-order valence-electron chi connectivity index (χ2n) is 5.74. The minimum atomic E-state index is -2.91. The number of nitrogens with zero attached hydrogens (tertiary/aromatic N) is 1. The van der Waals surface area contributed by atoms with Gasteiger partial charge in [0.15, 0.2) is 15.0 Å². The molecule has 1 saturated heterocycles. The minimum Gasteiger partial charge on any atom is -0.360 e. The summed E-state index contributed by atoms with van der Waals surface area (Å²) in [7, 11) is -2.91. The van der Waals surface area contributed by atoms with E-state index in [2.05, 4.69) is 15.6 Å². The third kappa shape index (κ3) is 4.42. The number of amides is 1. The number of fused-ring (bicyclic) bond motifs is 1. The highest BCUT2D eigenvalue weighted by Gasteiger charge is 2.29. The van der Waals surface area contributed by atoms with Crippen LogP contribution in [0.1, 0.15) is 12.8 Å². The number of benzene rings is 1. The molecule has 1 aromatic heterocycles. The molecule has 0 saturated carbocycles. The number of hydrogen-bond acceptors (Lipinski definition) is 6. The van der Waals surface area contributed by atoms with Crippen molar-refractivity contribution in [2.45, 2.75) is 12.8 Å². The standard InChI is InChI=1S/C15H19N3O3S2/c19-14(9-11-5-8-23(20,21)10-11)16-6-7-17-15-18-12-3-1-2-4-13(12)22-15/h1-4,11H,5-10H2,(H,16,19)(H,17,18)/t11-/m0/s1. The van der Waals surface area contributed by atoms with Crippen LogP contribution in [0.2, 0.25) is 0 Å². The van der Waals surface area contributed by atoms with Crippen molar-refractivity contribution in [2.75, 3.05) is 29.9 Å². The Morgan fingerprint density at radius 3 is 2.87 bits per heavy atom. The van der Waals surface area contributed by atoms with Crippen LogP contribution in [0.3, 0.4) is 0 Å². The summed E-state index contributed by atoms with van der Waals surface area (Å²) < 4.78 is 23.9. The molecule has 1 aliphatic rings. The third-order valence-electron chi connectivity index (χ3n) is 3.82. The number of hydrogen-bond donors (Lipinski definition) is 2. The Morgan fingerprint density at radius 1 is 1.30 bits per heavy atom. The van der Waals surface area contributed by atoms with Crippen LogP contribution < -0.4 is 10.6 Å². The third-order valence-corrected chi connectivity index (χ3v) is 6.65. The van der Waals surface area contributed by atoms with Crippen molar-refractivity contribution in [2.24, 2.45) is 5.92 Å². The zero-order valence-electron chi connectivity index (χ0n) is 12.6. The fourth-order valence-electron chi connectivity index (χ4n) is 2.69. The molecule has 0 spiro atoms. The Labute approximate surface area is 139 Å². The number of sulfone groups is 1. The molecule has 6 nitrogen and oxygen atoms in total. The maximum absolute atomic E-state index is 11.8. The van der Waals surface area contributed by atoms with E-state index in [0.717, 1.165) is 15.3 Å². The molecule has 0 aliphatic carbocycles. The van der Waals surface area contributed by atoms with Crippen molar-refractivity contribution < 1.29 is 13.2 Å². The van der Waals surface area contributed by atoms with Crippen molar-refractivity contribution in [3.63, 3.8) is 0 Å². The smallest absolute Gasteiger partial charge is 0.220 e. The molecule has 1 atom stereocenters. The number of carbonyl (C=O) groups is 1. The monoisotopic (exact) mass is 353 g/mol. The molecule has 124 valence electrons. The van der Waals surface area contributed by atoms with E-state index in [4.69, 9.17) is 0 Å². The number of nitrogens with one attached hydrogen (secondary N) is 2. The van der Waals surface area contributed by atoms with Crippen LogP contribution in [-0.4, -0.2) is 43.9 Å². The van der Waals surface area contributed by atoms with Gasteiger partial charge < -0.3 is 10.6 Å². The molecule has 8 heteroatoms. The van der Waals surface area contributed by atoms with Gasteiger partial charge in [-0.25, -0.2) is 13.4 Å². The summed E-state index contributed by atoms with van der Waals surface area (Å²) in [5.74, 6) is 0.240. The van der Waals surface area contributed by atoms with E-state index in [9.17, 15) is 13.2 Å². The lowest BCUT2D eigenvalue weighted by Crippen LogP contribution is -2.30. The van der Waals surface area contributed by atoms with E-state index in [1.165, 1.54) is 0 Å². The maximum Gasteiger partial charge on any atom is 0.220 e. The van der Waals surface area contributed by atoms with Gasteiger partial charge in [0, 0.05) is 19.5 Å². The summed E-state index contributed by atoms with van der Waals surface area (Å²) in [5, 5.41) is 6.85. The summed E-state index contributed by atoms with van der Waals surface area (Å²) in [5.41, 5.74) is 0.964. The van der Waals surface area contributed by atoms with Crippen LogP contribution in [0.4, 0.5) is 5.13 Å². The predicted octanol–water partition coefficient (Wildman–Crippen LogP) is 1.65. The molecular weight excluding hydrogens is 334 g/mol. The van der Waals surface area contributed by atoms with Crippen LogP contribution in [0.15, 0.2) is 24.3 Å². The first-order valence-electron chi connectivity index (χ1n) is 7.58. The Morgan fingerprint density at radius 2 is 2.13 bits per heavy atom. The van der Waals surface area contributed by atoms with Crippen LogP contribution in [0.25, 0.3) is 10.2 Å². The number of carbonyl (C=O) groups excluding carboxylic acids is 1. The van der Waals surface area contributed by atoms with Crippen LogP contribution in [-0.2, 0) is 14.6 Å². The fraction of sp³-hybridized carbons (Fsp3) is 0.467. The fourth-order valence-corrected chi connectivity index (χ4v) is 5.44. The molecule has 23 heavy (non-hydrogen) atoms. The number of anilines is 1. The molecule has 0 unspecified atom stereocenters. The predicted molar refractivity (Wildman–Crippen MR) is 92.5 cm³/mol. The zero-order valence-corrected chi connectivity index (χ0v) is 14.3. The lowest BCUT2D eigenvalue weighted by molar-refractivity contribution is -0.121. The van der Waals surface area contributed by atoms with Gasteiger partial charge in [-0.2, -0.15) is 0 Å². The van der Waals surface area contributed by atoms with Crippen LogP contribution >= 0.6 is 11.3 Å². The molecule has 1 amide bonds. The van der Waals surface area contributed by atoms with E-state index < -0.39 is 9.84 Å². The number of para-hydroxylation sites is 1. The van der Waals surface area contributed by atoms with Gasteiger partial charge in [0.1, 0.15) is 0 Å². The van der Waals surface area contributed by atoms with Crippen molar-refractivity contribution in [3.8, 4) is 0 Å². The first-order chi connectivity index (χ1) is 11.0. The van der Waals surface area contributed by atoms with E-state index in [-0.39, 0.29) is 23.3 Å². The normalized spacial score (nSPS) is 19.7. The van der Waals surface area contributed by atoms with Gasteiger partial charge in [0.25, 0.3) is 0 Å². The highest BCUT2D eigenvalue weighted by atomic mass is 32.2. The Kier molecular flexibility index (Phi) is 4.82. The molecule has 2 aromatic rings. The lowest BCUT2D eigenvalue weighted by Gasteiger charge is -2.09. The van der Waals surface area contributed by atoms with Gasteiger partial charge >= 0.3 is 0 Å². The van der Waals surface area contributed by atoms with Crippen molar-refractivity contribution >= 4 is 42.4 Å². The first-order valence-corrected chi connectivity index (χ1v) is 10.2. The molecule has 3 rings (SSSR count). The molecular formula is C15H19N3O3S2. The average Bonchev–Trinajstić information content (AvgIpc) is 3.06. The average molecular weight is 353 g/mol. The largest absolute Gasteiger partial charge is 0.360 e. The quantitative estimate of drug-likeness (QED) is 0.771. The van der Waals surface area contributed by atoms with Gasteiger partial charge in [-0.05, 0) is 24.5 Å². The molecule has 2 N–H and O–H groups in total. The van der Waals surface area contributed by atoms with Gasteiger partial charge in [-0.15, -0.1) is 0 Å². The van der Waals surface area contributed by atoms with Gasteiger partial charge in [-0.3, -0.25) is 4.79 Å². The van der Waals surface area contributed by atoms with Crippen molar-refractivity contribution in [3.05, 3.63) is 24.3 Å². The van der Waals surface area contributed by atoms with Gasteiger partial charge in [0.2, 0.25) is 5.91 Å². The summed E-state index contributed by atoms with van der Waals surface area (Å²) >= 11 is 1.58. The van der Waals surface area contributed by atoms with Gasteiger partial charge in [-0.1, -0.05) is 23.5 Å². The molecule has 1 fully saturated rings. The van der Waals surface area contributed by atoms with E-state index in [1.807, 2.05) is 24.3 Å². The lowest BCUT2D eigenvalue weighted by atomic mass is 10.1. The second-order valence-corrected chi connectivity index (χ2v) is 9.00. The summed E-state index contributed by atoms with van der Waals surface area (Å²) in [6, 6.07) is 7.92.